The zero-order valence-electron chi connectivity index (χ0n) is 14.9. The van der Waals surface area contributed by atoms with Crippen molar-refractivity contribution in [2.45, 2.75) is 52.1 Å². The quantitative estimate of drug-likeness (QED) is 0.781. The summed E-state index contributed by atoms with van der Waals surface area (Å²) in [7, 11) is 0. The Balaban J connectivity index is 1.51. The van der Waals surface area contributed by atoms with Crippen LogP contribution in [0.2, 0.25) is 0 Å². The van der Waals surface area contributed by atoms with E-state index in [9.17, 15) is 13.6 Å². The molecule has 3 rings (SSSR count). The maximum Gasteiger partial charge on any atom is 0.280 e. The summed E-state index contributed by atoms with van der Waals surface area (Å²) in [5.74, 6) is 1.89. The van der Waals surface area contributed by atoms with E-state index in [0.717, 1.165) is 32.0 Å². The molecule has 1 fully saturated rings. The van der Waals surface area contributed by atoms with Crippen LogP contribution in [0.1, 0.15) is 56.4 Å². The van der Waals surface area contributed by atoms with Crippen molar-refractivity contribution in [1.29, 1.82) is 0 Å². The number of hydrogen-bond donors (Lipinski definition) is 0. The minimum atomic E-state index is -2.72. The fourth-order valence-corrected chi connectivity index (χ4v) is 3.06. The molecule has 0 radical (unpaired) electrons. The summed E-state index contributed by atoms with van der Waals surface area (Å²) in [4.78, 5) is 22.2. The van der Waals surface area contributed by atoms with Gasteiger partial charge in [0.2, 0.25) is 5.89 Å². The van der Waals surface area contributed by atoms with Crippen molar-refractivity contribution in [3.63, 3.8) is 0 Å². The molecule has 1 saturated heterocycles. The lowest BCUT2D eigenvalue weighted by Crippen LogP contribution is -2.36. The molecular formula is C17H23F2N5O2. The Hall–Kier alpha value is -2.16. The Labute approximate surface area is 150 Å². The van der Waals surface area contributed by atoms with Crippen LogP contribution in [0.15, 0.2) is 21.7 Å². The molecule has 0 atom stereocenters. The van der Waals surface area contributed by atoms with Gasteiger partial charge in [-0.05, 0) is 31.8 Å². The van der Waals surface area contributed by atoms with E-state index in [1.807, 2.05) is 13.8 Å². The van der Waals surface area contributed by atoms with E-state index in [4.69, 9.17) is 4.52 Å². The highest BCUT2D eigenvalue weighted by Gasteiger charge is 2.22. The van der Waals surface area contributed by atoms with Crippen LogP contribution < -0.4 is 5.56 Å². The molecule has 2 aromatic rings. The second kappa shape index (κ2) is 8.03. The Morgan fingerprint density at radius 1 is 1.31 bits per heavy atom. The molecule has 9 heteroatoms. The van der Waals surface area contributed by atoms with Gasteiger partial charge in [0.05, 0.1) is 12.9 Å². The summed E-state index contributed by atoms with van der Waals surface area (Å²) in [6.07, 6.45) is 0.325. The zero-order chi connectivity index (χ0) is 18.7. The van der Waals surface area contributed by atoms with E-state index in [-0.39, 0.29) is 5.92 Å². The summed E-state index contributed by atoms with van der Waals surface area (Å²) in [6.45, 7) is 6.89. The molecule has 3 heterocycles. The topological polar surface area (TPSA) is 77.0 Å². The number of nitrogens with zero attached hydrogens (tertiary/aromatic N) is 5. The molecule has 0 saturated carbocycles. The normalized spacial score (nSPS) is 16.7. The third-order valence-corrected chi connectivity index (χ3v) is 4.65. The van der Waals surface area contributed by atoms with Gasteiger partial charge in [-0.1, -0.05) is 19.0 Å². The monoisotopic (exact) mass is 367 g/mol. The SMILES string of the molecule is CC(C)c1noc(CN2CCC(Cn3cnc(C(F)F)cc3=O)CC2)n1. The summed E-state index contributed by atoms with van der Waals surface area (Å²) in [6, 6.07) is 0.918. The van der Waals surface area contributed by atoms with Gasteiger partial charge in [0, 0.05) is 18.5 Å². The first-order chi connectivity index (χ1) is 12.4. The van der Waals surface area contributed by atoms with E-state index in [1.54, 1.807) is 0 Å². The number of rotatable bonds is 6. The highest BCUT2D eigenvalue weighted by atomic mass is 19.3. The van der Waals surface area contributed by atoms with Crippen LogP contribution in [0, 0.1) is 5.92 Å². The van der Waals surface area contributed by atoms with E-state index in [2.05, 4.69) is 20.0 Å². The van der Waals surface area contributed by atoms with Crippen molar-refractivity contribution in [3.8, 4) is 0 Å². The smallest absolute Gasteiger partial charge is 0.280 e. The highest BCUT2D eigenvalue weighted by molar-refractivity contribution is 5.01. The van der Waals surface area contributed by atoms with E-state index >= 15 is 0 Å². The molecule has 1 aliphatic rings. The molecule has 0 N–H and O–H groups in total. The number of hydrogen-bond acceptors (Lipinski definition) is 6. The largest absolute Gasteiger partial charge is 0.338 e. The predicted octanol–water partition coefficient (Wildman–Crippen LogP) is 2.60. The van der Waals surface area contributed by atoms with Crippen molar-refractivity contribution in [2.75, 3.05) is 13.1 Å². The van der Waals surface area contributed by atoms with Crippen LogP contribution in [0.5, 0.6) is 0 Å². The second-order valence-electron chi connectivity index (χ2n) is 7.03. The van der Waals surface area contributed by atoms with Gasteiger partial charge in [0.1, 0.15) is 5.69 Å². The molecule has 0 aromatic carbocycles. The Morgan fingerprint density at radius 3 is 2.62 bits per heavy atom. The molecule has 0 bridgehead atoms. The van der Waals surface area contributed by atoms with Gasteiger partial charge in [-0.3, -0.25) is 14.3 Å². The second-order valence-corrected chi connectivity index (χ2v) is 7.03. The lowest BCUT2D eigenvalue weighted by molar-refractivity contribution is 0.143. The number of alkyl halides is 2. The average Bonchev–Trinajstić information content (AvgIpc) is 3.07. The van der Waals surface area contributed by atoms with Crippen LogP contribution in [0.25, 0.3) is 0 Å². The van der Waals surface area contributed by atoms with Gasteiger partial charge >= 0.3 is 0 Å². The zero-order valence-corrected chi connectivity index (χ0v) is 14.9. The first-order valence-corrected chi connectivity index (χ1v) is 8.81. The lowest BCUT2D eigenvalue weighted by Gasteiger charge is -2.31. The first kappa shape index (κ1) is 18.6. The van der Waals surface area contributed by atoms with Crippen LogP contribution in [-0.2, 0) is 13.1 Å². The Kier molecular flexibility index (Phi) is 5.75. The lowest BCUT2D eigenvalue weighted by atomic mass is 9.96. The number of halogens is 2. The third kappa shape index (κ3) is 4.51. The summed E-state index contributed by atoms with van der Waals surface area (Å²) < 4.78 is 31.8. The first-order valence-electron chi connectivity index (χ1n) is 8.81. The van der Waals surface area contributed by atoms with E-state index < -0.39 is 17.7 Å². The summed E-state index contributed by atoms with van der Waals surface area (Å²) in [5.41, 5.74) is -0.897. The van der Waals surface area contributed by atoms with E-state index in [1.165, 1.54) is 10.9 Å². The maximum atomic E-state index is 12.6. The standard InChI is InChI=1S/C17H23F2N5O2/c1-11(2)17-21-14(26-22-17)9-23-5-3-12(4-6-23)8-24-10-20-13(16(18)19)7-15(24)25/h7,10-12,16H,3-6,8-9H2,1-2H3. The van der Waals surface area contributed by atoms with Crippen LogP contribution >= 0.6 is 0 Å². The van der Waals surface area contributed by atoms with Crippen molar-refractivity contribution >= 4 is 0 Å². The average molecular weight is 367 g/mol. The van der Waals surface area contributed by atoms with E-state index in [0.29, 0.717) is 30.7 Å². The van der Waals surface area contributed by atoms with Crippen molar-refractivity contribution in [2.24, 2.45) is 5.92 Å². The molecule has 0 unspecified atom stereocenters. The van der Waals surface area contributed by atoms with Gasteiger partial charge in [-0.25, -0.2) is 13.8 Å². The minimum absolute atomic E-state index is 0.238. The summed E-state index contributed by atoms with van der Waals surface area (Å²) >= 11 is 0. The van der Waals surface area contributed by atoms with Crippen LogP contribution in [-0.4, -0.2) is 37.7 Å². The Bertz CT molecular complexity index is 781. The molecule has 7 nitrogen and oxygen atoms in total. The van der Waals surface area contributed by atoms with Crippen molar-refractivity contribution in [1.82, 2.24) is 24.6 Å². The van der Waals surface area contributed by atoms with Gasteiger partial charge in [0.25, 0.3) is 12.0 Å². The fraction of sp³-hybridized carbons (Fsp3) is 0.647. The molecule has 0 spiro atoms. The number of likely N-dealkylation sites (tertiary alicyclic amines) is 1. The third-order valence-electron chi connectivity index (χ3n) is 4.65. The van der Waals surface area contributed by atoms with Crippen LogP contribution in [0.3, 0.4) is 0 Å². The predicted molar refractivity (Wildman–Crippen MR) is 89.8 cm³/mol. The minimum Gasteiger partial charge on any atom is -0.338 e. The molecule has 142 valence electrons. The number of aromatic nitrogens is 4. The molecular weight excluding hydrogens is 344 g/mol. The maximum absolute atomic E-state index is 12.6. The molecule has 1 aliphatic heterocycles. The molecule has 0 aliphatic carbocycles. The fourth-order valence-electron chi connectivity index (χ4n) is 3.06. The summed E-state index contributed by atoms with van der Waals surface area (Å²) in [5, 5.41) is 3.97. The van der Waals surface area contributed by atoms with Crippen molar-refractivity contribution < 1.29 is 13.3 Å². The van der Waals surface area contributed by atoms with Crippen molar-refractivity contribution in [3.05, 3.63) is 40.2 Å². The van der Waals surface area contributed by atoms with Gasteiger partial charge < -0.3 is 4.52 Å². The molecule has 26 heavy (non-hydrogen) atoms. The van der Waals surface area contributed by atoms with Gasteiger partial charge in [-0.2, -0.15) is 4.98 Å². The Morgan fingerprint density at radius 2 is 2.04 bits per heavy atom. The number of piperidine rings is 1. The molecule has 2 aromatic heterocycles. The van der Waals surface area contributed by atoms with Gasteiger partial charge in [-0.15, -0.1) is 0 Å². The highest BCUT2D eigenvalue weighted by Crippen LogP contribution is 2.21. The molecule has 0 amide bonds. The van der Waals surface area contributed by atoms with Crippen LogP contribution in [0.4, 0.5) is 8.78 Å². The van der Waals surface area contributed by atoms with Gasteiger partial charge in [0.15, 0.2) is 5.82 Å².